The third-order valence-electron chi connectivity index (χ3n) is 8.30. The van der Waals surface area contributed by atoms with E-state index in [-0.39, 0.29) is 23.8 Å². The highest BCUT2D eigenvalue weighted by atomic mass is 19.1. The van der Waals surface area contributed by atoms with Gasteiger partial charge in [-0.1, -0.05) is 48.4 Å². The van der Waals surface area contributed by atoms with Crippen LogP contribution in [0.3, 0.4) is 0 Å². The van der Waals surface area contributed by atoms with Gasteiger partial charge in [-0.3, -0.25) is 9.88 Å². The summed E-state index contributed by atoms with van der Waals surface area (Å²) >= 11 is 0. The molecule has 0 bridgehead atoms. The van der Waals surface area contributed by atoms with Gasteiger partial charge in [-0.05, 0) is 67.1 Å². The van der Waals surface area contributed by atoms with Crippen molar-refractivity contribution in [3.63, 3.8) is 0 Å². The summed E-state index contributed by atoms with van der Waals surface area (Å²) in [5, 5.41) is 8.01. The first-order valence-electron chi connectivity index (χ1n) is 13.5. The summed E-state index contributed by atoms with van der Waals surface area (Å²) in [7, 11) is 1.78. The zero-order chi connectivity index (χ0) is 26.9. The molecule has 3 atom stereocenters. The molecular formula is C32H32FN5O. The number of nitrogens with one attached hydrogen (secondary N) is 1. The van der Waals surface area contributed by atoms with Crippen LogP contribution in [0.15, 0.2) is 96.5 Å². The molecule has 6 rings (SSSR count). The summed E-state index contributed by atoms with van der Waals surface area (Å²) in [6, 6.07) is 20.2. The lowest BCUT2D eigenvalue weighted by Gasteiger charge is -2.30. The Morgan fingerprint density at radius 2 is 1.85 bits per heavy atom. The summed E-state index contributed by atoms with van der Waals surface area (Å²) < 4.78 is 15.5. The number of benzene rings is 2. The molecule has 0 fully saturated rings. The molecule has 2 aliphatic carbocycles. The number of allylic oxidation sites excluding steroid dienone is 2. The molecule has 2 amide bonds. The van der Waals surface area contributed by atoms with Gasteiger partial charge < -0.3 is 5.32 Å². The summed E-state index contributed by atoms with van der Waals surface area (Å²) in [6.07, 6.45) is 9.17. The summed E-state index contributed by atoms with van der Waals surface area (Å²) in [6.45, 7) is 2.27. The molecule has 2 heterocycles. The van der Waals surface area contributed by atoms with Crippen molar-refractivity contribution < 1.29 is 9.18 Å². The minimum absolute atomic E-state index is 0.115. The molecule has 39 heavy (non-hydrogen) atoms. The lowest BCUT2D eigenvalue weighted by atomic mass is 9.78. The zero-order valence-electron chi connectivity index (χ0n) is 22.2. The average molecular weight is 522 g/mol. The van der Waals surface area contributed by atoms with Crippen molar-refractivity contribution in [2.75, 3.05) is 11.9 Å². The fourth-order valence-electron chi connectivity index (χ4n) is 6.31. The van der Waals surface area contributed by atoms with Gasteiger partial charge in [-0.25, -0.2) is 13.9 Å². The normalized spacial score (nSPS) is 18.8. The van der Waals surface area contributed by atoms with E-state index in [1.54, 1.807) is 36.5 Å². The van der Waals surface area contributed by atoms with Crippen LogP contribution in [0.25, 0.3) is 5.69 Å². The predicted octanol–water partition coefficient (Wildman–Crippen LogP) is 6.75. The first-order chi connectivity index (χ1) is 19.0. The average Bonchev–Trinajstić information content (AvgIpc) is 3.58. The van der Waals surface area contributed by atoms with Gasteiger partial charge in [0.1, 0.15) is 5.82 Å². The molecule has 2 aromatic heterocycles. The number of amides is 2. The van der Waals surface area contributed by atoms with Crippen LogP contribution in [0.4, 0.5) is 14.9 Å². The molecule has 0 saturated heterocycles. The van der Waals surface area contributed by atoms with E-state index in [4.69, 9.17) is 5.10 Å². The Kier molecular flexibility index (Phi) is 6.73. The Morgan fingerprint density at radius 3 is 2.59 bits per heavy atom. The standard InChI is InChI=1S/C32H32FN5O/c1-21-28-20-35-38(27-12-10-25(33)11-13-27)30(28)19-24-9-8-23(31(21)24)18-29(22-6-4-3-5-7-22)36-32(39)37(2)26-14-16-34-17-15-26/h3-7,10-17,20-21,23,29H,8-9,18-19H2,1-2H3,(H,36,39)/t21-,23+,29?/m0/s1. The van der Waals surface area contributed by atoms with E-state index in [2.05, 4.69) is 29.4 Å². The van der Waals surface area contributed by atoms with Gasteiger partial charge in [-0.2, -0.15) is 5.10 Å². The number of aromatic nitrogens is 3. The van der Waals surface area contributed by atoms with Crippen molar-refractivity contribution in [2.45, 2.75) is 44.6 Å². The Bertz CT molecular complexity index is 1500. The summed E-state index contributed by atoms with van der Waals surface area (Å²) in [5.74, 6) is 0.370. The third-order valence-corrected chi connectivity index (χ3v) is 8.30. The van der Waals surface area contributed by atoms with E-state index in [0.29, 0.717) is 5.92 Å². The molecule has 0 radical (unpaired) electrons. The van der Waals surface area contributed by atoms with Gasteiger partial charge >= 0.3 is 6.03 Å². The van der Waals surface area contributed by atoms with Crippen LogP contribution >= 0.6 is 0 Å². The number of halogens is 1. The van der Waals surface area contributed by atoms with Gasteiger partial charge in [0.2, 0.25) is 0 Å². The predicted molar refractivity (Wildman–Crippen MR) is 150 cm³/mol. The first-order valence-corrected chi connectivity index (χ1v) is 13.5. The lowest BCUT2D eigenvalue weighted by molar-refractivity contribution is 0.241. The fraction of sp³-hybridized carbons (Fsp3) is 0.281. The van der Waals surface area contributed by atoms with E-state index in [1.807, 2.05) is 41.2 Å². The Labute approximate surface area is 228 Å². The highest BCUT2D eigenvalue weighted by Gasteiger charge is 2.37. The molecule has 0 saturated carbocycles. The van der Waals surface area contributed by atoms with Gasteiger partial charge in [0.05, 0.1) is 23.6 Å². The van der Waals surface area contributed by atoms with Gasteiger partial charge in [0.15, 0.2) is 0 Å². The second-order valence-electron chi connectivity index (χ2n) is 10.5. The van der Waals surface area contributed by atoms with Crippen LogP contribution in [0, 0.1) is 11.7 Å². The molecule has 6 nitrogen and oxygen atoms in total. The monoisotopic (exact) mass is 521 g/mol. The molecular weight excluding hydrogens is 489 g/mol. The number of anilines is 1. The number of carbonyl (C=O) groups excluding carboxylic acids is 1. The minimum Gasteiger partial charge on any atom is -0.331 e. The second-order valence-corrected chi connectivity index (χ2v) is 10.5. The molecule has 0 spiro atoms. The van der Waals surface area contributed by atoms with Crippen molar-refractivity contribution in [1.29, 1.82) is 0 Å². The second kappa shape index (κ2) is 10.5. The lowest BCUT2D eigenvalue weighted by Crippen LogP contribution is -2.40. The largest absolute Gasteiger partial charge is 0.331 e. The third kappa shape index (κ3) is 4.85. The fourth-order valence-corrected chi connectivity index (χ4v) is 6.31. The smallest absolute Gasteiger partial charge is 0.322 e. The van der Waals surface area contributed by atoms with E-state index < -0.39 is 0 Å². The molecule has 1 unspecified atom stereocenters. The van der Waals surface area contributed by atoms with Gasteiger partial charge in [0, 0.05) is 43.0 Å². The Hall–Kier alpha value is -4.26. The van der Waals surface area contributed by atoms with Crippen LogP contribution in [-0.4, -0.2) is 27.8 Å². The van der Waals surface area contributed by atoms with Crippen molar-refractivity contribution in [3.8, 4) is 5.69 Å². The number of fused-ring (bicyclic) bond motifs is 1. The minimum atomic E-state index is -0.246. The van der Waals surface area contributed by atoms with Gasteiger partial charge in [0.25, 0.3) is 0 Å². The zero-order valence-corrected chi connectivity index (χ0v) is 22.2. The summed E-state index contributed by atoms with van der Waals surface area (Å²) in [4.78, 5) is 19.0. The van der Waals surface area contributed by atoms with Crippen LogP contribution in [-0.2, 0) is 6.42 Å². The van der Waals surface area contributed by atoms with Crippen LogP contribution < -0.4 is 10.2 Å². The first kappa shape index (κ1) is 25.0. The van der Waals surface area contributed by atoms with Crippen molar-refractivity contribution in [1.82, 2.24) is 20.1 Å². The molecule has 198 valence electrons. The number of rotatable bonds is 6. The van der Waals surface area contributed by atoms with Crippen molar-refractivity contribution in [3.05, 3.63) is 119 Å². The van der Waals surface area contributed by atoms with Gasteiger partial charge in [-0.15, -0.1) is 0 Å². The highest BCUT2D eigenvalue weighted by Crippen LogP contribution is 2.49. The topological polar surface area (TPSA) is 63.1 Å². The molecule has 1 N–H and O–H groups in total. The molecule has 2 aliphatic rings. The van der Waals surface area contributed by atoms with E-state index in [9.17, 15) is 9.18 Å². The summed E-state index contributed by atoms with van der Waals surface area (Å²) in [5.41, 5.74) is 8.20. The van der Waals surface area contributed by atoms with Crippen LogP contribution in [0.1, 0.15) is 55.0 Å². The Morgan fingerprint density at radius 1 is 1.10 bits per heavy atom. The SMILES string of the molecule is C[C@@H]1C2=C(CC[C@@H]2CC(NC(=O)N(C)c2ccncc2)c2ccccc2)Cc2c1cnn2-c1ccc(F)cc1. The number of hydrogen-bond acceptors (Lipinski definition) is 3. The maximum Gasteiger partial charge on any atom is 0.322 e. The van der Waals surface area contributed by atoms with Crippen LogP contribution in [0.5, 0.6) is 0 Å². The van der Waals surface area contributed by atoms with Crippen molar-refractivity contribution >= 4 is 11.7 Å². The highest BCUT2D eigenvalue weighted by molar-refractivity contribution is 5.91. The molecule has 0 aliphatic heterocycles. The van der Waals surface area contributed by atoms with E-state index in [0.717, 1.165) is 42.6 Å². The van der Waals surface area contributed by atoms with E-state index >= 15 is 0 Å². The number of carbonyl (C=O) groups is 1. The maximum absolute atomic E-state index is 13.5. The number of pyridine rings is 1. The quantitative estimate of drug-likeness (QED) is 0.286. The number of hydrogen-bond donors (Lipinski definition) is 1. The number of nitrogens with zero attached hydrogens (tertiary/aromatic N) is 4. The maximum atomic E-state index is 13.5. The molecule has 2 aromatic carbocycles. The van der Waals surface area contributed by atoms with Crippen molar-refractivity contribution in [2.24, 2.45) is 5.92 Å². The Balaban J connectivity index is 1.25. The molecule has 7 heteroatoms. The number of urea groups is 1. The van der Waals surface area contributed by atoms with E-state index in [1.165, 1.54) is 34.5 Å². The van der Waals surface area contributed by atoms with Crippen LogP contribution in [0.2, 0.25) is 0 Å². The molecule has 4 aromatic rings.